The van der Waals surface area contributed by atoms with Crippen LogP contribution in [-0.4, -0.2) is 37.5 Å². The number of amides is 1. The molecular formula is C22H27ClF2N2O2. The number of hydrogen-bond acceptors (Lipinski definition) is 3. The van der Waals surface area contributed by atoms with Crippen LogP contribution < -0.4 is 10.1 Å². The van der Waals surface area contributed by atoms with Crippen molar-refractivity contribution >= 4 is 18.3 Å². The molecule has 4 nitrogen and oxygen atoms in total. The maximum atomic E-state index is 13.6. The van der Waals surface area contributed by atoms with E-state index in [0.29, 0.717) is 24.6 Å². The molecule has 0 saturated carbocycles. The molecule has 1 saturated heterocycles. The number of nitrogens with zero attached hydrogens (tertiary/aromatic N) is 1. The SMILES string of the molecule is CNCCC1CCN(C(=O)C(Oc2ccc(F)c(F)c2)c2ccccc2)CC1.Cl. The Morgan fingerprint density at radius 1 is 1.14 bits per heavy atom. The lowest BCUT2D eigenvalue weighted by atomic mass is 9.93. The second-order valence-corrected chi connectivity index (χ2v) is 7.15. The number of ether oxygens (including phenoxy) is 1. The first-order chi connectivity index (χ1) is 13.6. The zero-order chi connectivity index (χ0) is 19.9. The minimum atomic E-state index is -0.998. The normalized spacial score (nSPS) is 15.5. The third-order valence-corrected chi connectivity index (χ3v) is 5.20. The molecule has 0 radical (unpaired) electrons. The summed E-state index contributed by atoms with van der Waals surface area (Å²) in [6, 6.07) is 12.4. The fraction of sp³-hybridized carbons (Fsp3) is 0.409. The summed E-state index contributed by atoms with van der Waals surface area (Å²) >= 11 is 0. The Balaban J connectivity index is 0.00000300. The van der Waals surface area contributed by atoms with Crippen molar-refractivity contribution in [3.63, 3.8) is 0 Å². The van der Waals surface area contributed by atoms with Crippen molar-refractivity contribution < 1.29 is 18.3 Å². The molecule has 0 bridgehead atoms. The van der Waals surface area contributed by atoms with Gasteiger partial charge in [-0.05, 0) is 50.9 Å². The summed E-state index contributed by atoms with van der Waals surface area (Å²) in [5, 5.41) is 3.17. The third kappa shape index (κ3) is 6.15. The summed E-state index contributed by atoms with van der Waals surface area (Å²) in [6.07, 6.45) is 2.13. The molecule has 1 atom stereocenters. The van der Waals surface area contributed by atoms with Crippen LogP contribution in [0.25, 0.3) is 0 Å². The number of carbonyl (C=O) groups is 1. The van der Waals surface area contributed by atoms with Crippen LogP contribution in [0.5, 0.6) is 5.75 Å². The van der Waals surface area contributed by atoms with E-state index in [1.165, 1.54) is 6.07 Å². The van der Waals surface area contributed by atoms with Crippen molar-refractivity contribution in [1.29, 1.82) is 0 Å². The second kappa shape index (κ2) is 11.1. The van der Waals surface area contributed by atoms with Crippen molar-refractivity contribution in [1.82, 2.24) is 10.2 Å². The van der Waals surface area contributed by atoms with Crippen LogP contribution in [0.2, 0.25) is 0 Å². The maximum absolute atomic E-state index is 13.6. The molecule has 2 aromatic carbocycles. The first kappa shape index (κ1) is 23.1. The Kier molecular flexibility index (Phi) is 8.86. The fourth-order valence-electron chi connectivity index (χ4n) is 3.53. The monoisotopic (exact) mass is 424 g/mol. The van der Waals surface area contributed by atoms with E-state index in [2.05, 4.69) is 5.32 Å². The van der Waals surface area contributed by atoms with Gasteiger partial charge in [-0.1, -0.05) is 30.3 Å². The van der Waals surface area contributed by atoms with Gasteiger partial charge >= 0.3 is 0 Å². The molecule has 29 heavy (non-hydrogen) atoms. The quantitative estimate of drug-likeness (QED) is 0.718. The van der Waals surface area contributed by atoms with Gasteiger partial charge in [-0.3, -0.25) is 4.79 Å². The Labute approximate surface area is 176 Å². The van der Waals surface area contributed by atoms with Crippen molar-refractivity contribution in [3.05, 3.63) is 65.7 Å². The predicted octanol–water partition coefficient (Wildman–Crippen LogP) is 4.35. The van der Waals surface area contributed by atoms with Crippen molar-refractivity contribution in [2.75, 3.05) is 26.7 Å². The Bertz CT molecular complexity index is 784. The van der Waals surface area contributed by atoms with E-state index in [-0.39, 0.29) is 24.1 Å². The number of rotatable bonds is 7. The maximum Gasteiger partial charge on any atom is 0.268 e. The number of piperidine rings is 1. The first-order valence-corrected chi connectivity index (χ1v) is 9.68. The van der Waals surface area contributed by atoms with Gasteiger partial charge in [0.05, 0.1) is 0 Å². The average molecular weight is 425 g/mol. The smallest absolute Gasteiger partial charge is 0.268 e. The summed E-state index contributed by atoms with van der Waals surface area (Å²) in [6.45, 7) is 2.33. The highest BCUT2D eigenvalue weighted by Gasteiger charge is 2.30. The van der Waals surface area contributed by atoms with Crippen LogP contribution in [-0.2, 0) is 4.79 Å². The highest BCUT2D eigenvalue weighted by molar-refractivity contribution is 5.85. The van der Waals surface area contributed by atoms with Gasteiger partial charge in [0.2, 0.25) is 6.10 Å². The molecule has 0 aromatic heterocycles. The van der Waals surface area contributed by atoms with Crippen LogP contribution in [0.4, 0.5) is 8.78 Å². The van der Waals surface area contributed by atoms with Crippen LogP contribution in [0.3, 0.4) is 0 Å². The predicted molar refractivity (Wildman–Crippen MR) is 111 cm³/mol. The summed E-state index contributed by atoms with van der Waals surface area (Å²) in [5.41, 5.74) is 0.689. The molecule has 1 fully saturated rings. The Morgan fingerprint density at radius 3 is 2.45 bits per heavy atom. The molecular weight excluding hydrogens is 398 g/mol. The molecule has 158 valence electrons. The van der Waals surface area contributed by atoms with Crippen LogP contribution in [0.15, 0.2) is 48.5 Å². The topological polar surface area (TPSA) is 41.6 Å². The Hall–Kier alpha value is -2.18. The van der Waals surface area contributed by atoms with Gasteiger partial charge in [-0.25, -0.2) is 8.78 Å². The summed E-state index contributed by atoms with van der Waals surface area (Å²) in [5.74, 6) is -1.35. The van der Waals surface area contributed by atoms with Gasteiger partial charge in [0.25, 0.3) is 5.91 Å². The van der Waals surface area contributed by atoms with E-state index in [9.17, 15) is 13.6 Å². The van der Waals surface area contributed by atoms with Gasteiger partial charge in [-0.15, -0.1) is 12.4 Å². The van der Waals surface area contributed by atoms with E-state index >= 15 is 0 Å². The zero-order valence-corrected chi connectivity index (χ0v) is 17.3. The Morgan fingerprint density at radius 2 is 1.83 bits per heavy atom. The fourth-order valence-corrected chi connectivity index (χ4v) is 3.53. The molecule has 1 aliphatic heterocycles. The van der Waals surface area contributed by atoms with Crippen LogP contribution in [0.1, 0.15) is 30.9 Å². The number of nitrogens with one attached hydrogen (secondary N) is 1. The molecule has 3 rings (SSSR count). The number of halogens is 3. The average Bonchev–Trinajstić information content (AvgIpc) is 2.73. The number of hydrogen-bond donors (Lipinski definition) is 1. The van der Waals surface area contributed by atoms with Gasteiger partial charge in [0.1, 0.15) is 5.75 Å². The van der Waals surface area contributed by atoms with Gasteiger partial charge < -0.3 is 15.0 Å². The highest BCUT2D eigenvalue weighted by Crippen LogP contribution is 2.28. The van der Waals surface area contributed by atoms with E-state index < -0.39 is 17.7 Å². The van der Waals surface area contributed by atoms with Gasteiger partial charge in [0, 0.05) is 24.7 Å². The molecule has 1 aliphatic rings. The lowest BCUT2D eigenvalue weighted by Gasteiger charge is -2.34. The van der Waals surface area contributed by atoms with Crippen LogP contribution in [0, 0.1) is 17.6 Å². The molecule has 0 aliphatic carbocycles. The second-order valence-electron chi connectivity index (χ2n) is 7.15. The van der Waals surface area contributed by atoms with E-state index in [0.717, 1.165) is 37.9 Å². The minimum Gasteiger partial charge on any atom is -0.476 e. The van der Waals surface area contributed by atoms with Gasteiger partial charge in [0.15, 0.2) is 11.6 Å². The van der Waals surface area contributed by atoms with Crippen molar-refractivity contribution in [3.8, 4) is 5.75 Å². The number of benzene rings is 2. The molecule has 1 N–H and O–H groups in total. The van der Waals surface area contributed by atoms with E-state index in [4.69, 9.17) is 4.74 Å². The summed E-state index contributed by atoms with van der Waals surface area (Å²) < 4.78 is 32.6. The molecule has 0 spiro atoms. The van der Waals surface area contributed by atoms with Crippen molar-refractivity contribution in [2.24, 2.45) is 5.92 Å². The van der Waals surface area contributed by atoms with Gasteiger partial charge in [-0.2, -0.15) is 0 Å². The summed E-state index contributed by atoms with van der Waals surface area (Å²) in [4.78, 5) is 15.0. The minimum absolute atomic E-state index is 0. The molecule has 1 unspecified atom stereocenters. The number of carbonyl (C=O) groups excluding carboxylic acids is 1. The lowest BCUT2D eigenvalue weighted by Crippen LogP contribution is -2.42. The van der Waals surface area contributed by atoms with Crippen molar-refractivity contribution in [2.45, 2.75) is 25.4 Å². The largest absolute Gasteiger partial charge is 0.476 e. The third-order valence-electron chi connectivity index (χ3n) is 5.20. The highest BCUT2D eigenvalue weighted by atomic mass is 35.5. The zero-order valence-electron chi connectivity index (χ0n) is 16.4. The first-order valence-electron chi connectivity index (χ1n) is 9.68. The standard InChI is InChI=1S/C22H26F2N2O2.ClH/c1-25-12-9-16-10-13-26(14-11-16)22(27)21(17-5-3-2-4-6-17)28-18-7-8-19(23)20(24)15-18;/h2-8,15-16,21,25H,9-14H2,1H3;1H. The molecule has 2 aromatic rings. The molecule has 7 heteroatoms. The van der Waals surface area contributed by atoms with E-state index in [1.807, 2.05) is 42.3 Å². The lowest BCUT2D eigenvalue weighted by molar-refractivity contribution is -0.140. The summed E-state index contributed by atoms with van der Waals surface area (Å²) in [7, 11) is 1.94. The molecule has 1 amide bonds. The molecule has 1 heterocycles. The van der Waals surface area contributed by atoms with Crippen LogP contribution >= 0.6 is 12.4 Å². The van der Waals surface area contributed by atoms with E-state index in [1.54, 1.807) is 0 Å². The number of likely N-dealkylation sites (tertiary alicyclic amines) is 1.